The maximum absolute atomic E-state index is 15.5. The Kier molecular flexibility index (Phi) is 11.5. The van der Waals surface area contributed by atoms with E-state index < -0.39 is 21.9 Å². The Bertz CT molecular complexity index is 2440. The Hall–Kier alpha value is -7.81. The molecule has 15 heteroatoms. The van der Waals surface area contributed by atoms with E-state index in [-0.39, 0.29) is 17.4 Å². The summed E-state index contributed by atoms with van der Waals surface area (Å²) in [6.07, 6.45) is 1.13. The number of rotatable bonds is 12. The van der Waals surface area contributed by atoms with Gasteiger partial charge in [0.15, 0.2) is 23.0 Å². The van der Waals surface area contributed by atoms with Crippen LogP contribution >= 0.6 is 0 Å². The molecule has 6 aromatic rings. The van der Waals surface area contributed by atoms with Crippen molar-refractivity contribution >= 4 is 17.4 Å². The third kappa shape index (κ3) is 8.07. The van der Waals surface area contributed by atoms with Gasteiger partial charge in [-0.3, -0.25) is 20.2 Å². The summed E-state index contributed by atoms with van der Waals surface area (Å²) < 4.78 is 35.0. The summed E-state index contributed by atoms with van der Waals surface area (Å²) in [5.74, 6) is 4.16. The highest BCUT2D eigenvalue weighted by Crippen LogP contribution is 2.46. The van der Waals surface area contributed by atoms with Gasteiger partial charge >= 0.3 is 6.03 Å². The first kappa shape index (κ1) is 40.9. The lowest BCUT2D eigenvalue weighted by molar-refractivity contribution is -0.385. The molecule has 0 saturated carbocycles. The average Bonchev–Trinajstić information content (AvgIpc) is 3.30. The molecule has 0 unspecified atom stereocenters. The van der Waals surface area contributed by atoms with Crippen molar-refractivity contribution in [2.24, 2.45) is 0 Å². The number of benzene rings is 6. The number of non-ortho nitro benzene ring substituents is 2. The van der Waals surface area contributed by atoms with Gasteiger partial charge in [-0.2, -0.15) is 0 Å². The fourth-order valence-corrected chi connectivity index (χ4v) is 8.17. The van der Waals surface area contributed by atoms with E-state index in [1.165, 1.54) is 24.3 Å². The van der Waals surface area contributed by atoms with Gasteiger partial charge < -0.3 is 38.2 Å². The van der Waals surface area contributed by atoms with Gasteiger partial charge in [0.1, 0.15) is 23.0 Å². The number of nitro benzene ring substituents is 2. The lowest BCUT2D eigenvalue weighted by Gasteiger charge is -2.45. The van der Waals surface area contributed by atoms with Crippen molar-refractivity contribution in [2.45, 2.75) is 24.9 Å². The van der Waals surface area contributed by atoms with Crippen LogP contribution in [-0.2, 0) is 12.8 Å². The number of hydrogen-bond acceptors (Lipinski definition) is 11. The summed E-state index contributed by atoms with van der Waals surface area (Å²) in [6, 6.07) is 33.2. The van der Waals surface area contributed by atoms with Gasteiger partial charge in [0.25, 0.3) is 11.4 Å². The Morgan fingerprint density at radius 2 is 0.806 bits per heavy atom. The van der Waals surface area contributed by atoms with Gasteiger partial charge in [-0.25, -0.2) is 4.79 Å². The Balaban J connectivity index is 1.16. The molecule has 2 heterocycles. The molecule has 2 amide bonds. The van der Waals surface area contributed by atoms with E-state index in [0.717, 1.165) is 33.4 Å². The Morgan fingerprint density at radius 3 is 1.11 bits per heavy atom. The molecule has 0 N–H and O–H groups in total. The van der Waals surface area contributed by atoms with Gasteiger partial charge in [-0.05, 0) is 119 Å². The van der Waals surface area contributed by atoms with E-state index in [9.17, 15) is 20.2 Å². The van der Waals surface area contributed by atoms with Crippen LogP contribution in [-0.4, -0.2) is 67.2 Å². The summed E-state index contributed by atoms with van der Waals surface area (Å²) in [4.78, 5) is 40.7. The van der Waals surface area contributed by atoms with E-state index in [4.69, 9.17) is 28.4 Å². The molecule has 0 aromatic heterocycles. The smallest absolute Gasteiger partial charge is 0.321 e. The second-order valence-corrected chi connectivity index (χ2v) is 14.6. The first-order valence-electron chi connectivity index (χ1n) is 19.7. The number of fused-ring (bicyclic) bond motifs is 2. The number of methoxy groups -OCH3 is 4. The van der Waals surface area contributed by atoms with Crippen LogP contribution in [0.2, 0.25) is 0 Å². The lowest BCUT2D eigenvalue weighted by Crippen LogP contribution is -2.51. The van der Waals surface area contributed by atoms with Crippen LogP contribution < -0.4 is 28.4 Å². The monoisotopic (exact) mass is 838 g/mol. The van der Waals surface area contributed by atoms with Crippen LogP contribution in [0.4, 0.5) is 16.2 Å². The van der Waals surface area contributed by atoms with Gasteiger partial charge in [-0.1, -0.05) is 24.3 Å². The second kappa shape index (κ2) is 17.4. The molecule has 2 aliphatic heterocycles. The summed E-state index contributed by atoms with van der Waals surface area (Å²) in [6.45, 7) is 0.800. The highest BCUT2D eigenvalue weighted by atomic mass is 16.6. The minimum atomic E-state index is -0.538. The third-order valence-corrected chi connectivity index (χ3v) is 11.2. The van der Waals surface area contributed by atoms with E-state index in [0.29, 0.717) is 71.9 Å². The number of carbonyl (C=O) groups is 1. The maximum atomic E-state index is 15.5. The minimum absolute atomic E-state index is 0.0375. The zero-order chi connectivity index (χ0) is 43.5. The number of ether oxygens (including phenoxy) is 6. The molecule has 0 saturated heterocycles. The fraction of sp³-hybridized carbons (Fsp3) is 0.213. The van der Waals surface area contributed by atoms with E-state index >= 15 is 4.79 Å². The van der Waals surface area contributed by atoms with Crippen LogP contribution in [0.5, 0.6) is 46.0 Å². The zero-order valence-electron chi connectivity index (χ0n) is 34.3. The first-order valence-corrected chi connectivity index (χ1v) is 19.7. The Labute approximate surface area is 356 Å². The predicted octanol–water partition coefficient (Wildman–Crippen LogP) is 9.84. The molecular weight excluding hydrogens is 797 g/mol. The molecule has 62 heavy (non-hydrogen) atoms. The lowest BCUT2D eigenvalue weighted by atomic mass is 9.86. The molecule has 2 aliphatic rings. The van der Waals surface area contributed by atoms with Crippen LogP contribution in [0.15, 0.2) is 121 Å². The number of nitrogens with zero attached hydrogens (tertiary/aromatic N) is 4. The van der Waals surface area contributed by atoms with Gasteiger partial charge in [0.2, 0.25) is 0 Å². The van der Waals surface area contributed by atoms with Crippen molar-refractivity contribution < 1.29 is 43.1 Å². The Morgan fingerprint density at radius 1 is 0.500 bits per heavy atom. The van der Waals surface area contributed by atoms with E-state index in [2.05, 4.69) is 0 Å². The number of urea groups is 1. The van der Waals surface area contributed by atoms with Crippen molar-refractivity contribution in [3.05, 3.63) is 175 Å². The molecule has 6 aromatic carbocycles. The zero-order valence-corrected chi connectivity index (χ0v) is 34.3. The molecular formula is C47H42N4O11. The van der Waals surface area contributed by atoms with Crippen LogP contribution in [0.1, 0.15) is 45.5 Å². The maximum Gasteiger partial charge on any atom is 0.321 e. The molecule has 0 spiro atoms. The fourth-order valence-electron chi connectivity index (χ4n) is 8.17. The second-order valence-electron chi connectivity index (χ2n) is 14.6. The predicted molar refractivity (Wildman–Crippen MR) is 228 cm³/mol. The van der Waals surface area contributed by atoms with Gasteiger partial charge in [-0.15, -0.1) is 0 Å². The first-order chi connectivity index (χ1) is 30.1. The number of hydrogen-bond donors (Lipinski definition) is 0. The third-order valence-electron chi connectivity index (χ3n) is 11.2. The van der Waals surface area contributed by atoms with Crippen LogP contribution in [0.3, 0.4) is 0 Å². The molecule has 2 atom stereocenters. The highest BCUT2D eigenvalue weighted by molar-refractivity contribution is 5.78. The molecule has 0 aliphatic carbocycles. The van der Waals surface area contributed by atoms with E-state index in [1.807, 2.05) is 82.6 Å². The van der Waals surface area contributed by atoms with E-state index in [1.54, 1.807) is 52.7 Å². The minimum Gasteiger partial charge on any atom is -0.493 e. The summed E-state index contributed by atoms with van der Waals surface area (Å²) in [7, 11) is 6.35. The molecule has 316 valence electrons. The van der Waals surface area contributed by atoms with Crippen molar-refractivity contribution in [1.29, 1.82) is 0 Å². The molecule has 0 bridgehead atoms. The summed E-state index contributed by atoms with van der Waals surface area (Å²) in [5.41, 5.74) is 5.40. The van der Waals surface area contributed by atoms with Crippen molar-refractivity contribution in [3.8, 4) is 46.0 Å². The largest absolute Gasteiger partial charge is 0.493 e. The van der Waals surface area contributed by atoms with Gasteiger partial charge in [0, 0.05) is 37.4 Å². The number of carbonyl (C=O) groups excluding carboxylic acids is 1. The SMILES string of the molecule is COc1cc2c(cc1OC)[C@@H](c1ccc(Oc3ccc([N+](=O)[O-])cc3)cc1)N(C(=O)N1CCc3cc(OC)c(OC)cc3[C@@H]1c1ccc(Oc3ccc([N+](=O)[O-])cc3)cc1)CC2. The van der Waals surface area contributed by atoms with Crippen molar-refractivity contribution in [1.82, 2.24) is 9.80 Å². The average molecular weight is 839 g/mol. The summed E-state index contributed by atoms with van der Waals surface area (Å²) >= 11 is 0. The number of amides is 2. The van der Waals surface area contributed by atoms with Crippen LogP contribution in [0, 0.1) is 20.2 Å². The molecule has 15 nitrogen and oxygen atoms in total. The standard InChI is InChI=1S/C47H42N4O11/c1-57-41-25-31-21-23-48(45(39(31)27-43(41)59-3)29-5-13-35(14-6-29)61-37-17-9-33(10-18-37)50(53)54)47(52)49-24-22-32-26-42(58-2)44(60-4)28-40(32)46(49)30-7-15-36(16-8-30)62-38-19-11-34(12-20-38)51(55)56/h5-20,25-28,45-46H,21-24H2,1-4H3/t45-,46+. The number of nitro groups is 2. The quantitative estimate of drug-likeness (QED) is 0.0851. The molecule has 0 fully saturated rings. The van der Waals surface area contributed by atoms with Crippen molar-refractivity contribution in [3.63, 3.8) is 0 Å². The summed E-state index contributed by atoms with van der Waals surface area (Å²) in [5, 5.41) is 22.3. The van der Waals surface area contributed by atoms with Gasteiger partial charge in [0.05, 0.1) is 50.4 Å². The molecule has 8 rings (SSSR count). The normalized spacial score (nSPS) is 15.4. The molecule has 0 radical (unpaired) electrons. The van der Waals surface area contributed by atoms with Crippen LogP contribution in [0.25, 0.3) is 0 Å². The highest BCUT2D eigenvalue weighted by Gasteiger charge is 2.40. The van der Waals surface area contributed by atoms with Crippen molar-refractivity contribution in [2.75, 3.05) is 41.5 Å². The topological polar surface area (TPSA) is 165 Å².